The number of alkyl halides is 3. The molecule has 0 bridgehead atoms. The number of halogens is 3. The van der Waals surface area contributed by atoms with Crippen molar-refractivity contribution in [1.29, 1.82) is 0 Å². The molecule has 2 aromatic carbocycles. The van der Waals surface area contributed by atoms with E-state index in [1.807, 2.05) is 25.1 Å². The molecule has 0 unspecified atom stereocenters. The highest BCUT2D eigenvalue weighted by Crippen LogP contribution is 2.27. The molecule has 0 radical (unpaired) electrons. The first-order valence-electron chi connectivity index (χ1n) is 6.09. The van der Waals surface area contributed by atoms with E-state index >= 15 is 0 Å². The second kappa shape index (κ2) is 5.86. The zero-order valence-electron chi connectivity index (χ0n) is 10.8. The summed E-state index contributed by atoms with van der Waals surface area (Å²) in [6.07, 6.45) is -3.80. The lowest BCUT2D eigenvalue weighted by Crippen LogP contribution is -2.16. The van der Waals surface area contributed by atoms with E-state index in [-0.39, 0.29) is 5.75 Å². The minimum absolute atomic E-state index is 0.271. The van der Waals surface area contributed by atoms with Crippen LogP contribution >= 0.6 is 0 Å². The van der Waals surface area contributed by atoms with Crippen molar-refractivity contribution in [3.8, 4) is 17.2 Å². The summed E-state index contributed by atoms with van der Waals surface area (Å²) in [7, 11) is 0. The summed E-state index contributed by atoms with van der Waals surface area (Å²) in [6, 6.07) is 12.8. The van der Waals surface area contributed by atoms with Crippen LogP contribution in [0.3, 0.4) is 0 Å². The van der Waals surface area contributed by atoms with E-state index in [4.69, 9.17) is 4.74 Å². The van der Waals surface area contributed by atoms with Crippen LogP contribution in [0.1, 0.15) is 12.5 Å². The van der Waals surface area contributed by atoms with E-state index in [2.05, 4.69) is 4.74 Å². The van der Waals surface area contributed by atoms with Crippen molar-refractivity contribution in [2.24, 2.45) is 0 Å². The topological polar surface area (TPSA) is 18.5 Å². The SMILES string of the molecule is CCc1cccc(Oc2ccc(OC(F)(F)F)cc2)c1. The second-order valence-electron chi connectivity index (χ2n) is 4.12. The first-order chi connectivity index (χ1) is 9.46. The summed E-state index contributed by atoms with van der Waals surface area (Å²) in [6.45, 7) is 2.03. The number of rotatable bonds is 4. The van der Waals surface area contributed by atoms with Crippen LogP contribution in [0.15, 0.2) is 48.5 Å². The van der Waals surface area contributed by atoms with Crippen LogP contribution in [0.5, 0.6) is 17.2 Å². The van der Waals surface area contributed by atoms with Crippen LogP contribution < -0.4 is 9.47 Å². The Morgan fingerprint density at radius 1 is 0.900 bits per heavy atom. The molecule has 2 rings (SSSR count). The van der Waals surface area contributed by atoms with Crippen molar-refractivity contribution >= 4 is 0 Å². The first-order valence-corrected chi connectivity index (χ1v) is 6.09. The van der Waals surface area contributed by atoms with Gasteiger partial charge in [0.1, 0.15) is 17.2 Å². The number of hydrogen-bond donors (Lipinski definition) is 0. The summed E-state index contributed by atoms with van der Waals surface area (Å²) in [4.78, 5) is 0. The molecule has 0 aliphatic rings. The largest absolute Gasteiger partial charge is 0.573 e. The Morgan fingerprint density at radius 3 is 2.15 bits per heavy atom. The molecule has 0 aliphatic carbocycles. The molecule has 20 heavy (non-hydrogen) atoms. The molecule has 0 fully saturated rings. The van der Waals surface area contributed by atoms with Gasteiger partial charge in [0.15, 0.2) is 0 Å². The van der Waals surface area contributed by atoms with Crippen molar-refractivity contribution in [3.63, 3.8) is 0 Å². The van der Waals surface area contributed by atoms with E-state index in [1.165, 1.54) is 24.3 Å². The summed E-state index contributed by atoms with van der Waals surface area (Å²) >= 11 is 0. The Balaban J connectivity index is 2.06. The standard InChI is InChI=1S/C15H13F3O2/c1-2-11-4-3-5-14(10-11)19-12-6-8-13(9-7-12)20-15(16,17)18/h3-10H,2H2,1H3. The van der Waals surface area contributed by atoms with Crippen LogP contribution in [0.2, 0.25) is 0 Å². The van der Waals surface area contributed by atoms with Crippen molar-refractivity contribution in [1.82, 2.24) is 0 Å². The molecular formula is C15H13F3O2. The van der Waals surface area contributed by atoms with Crippen molar-refractivity contribution in [3.05, 3.63) is 54.1 Å². The molecule has 2 nitrogen and oxygen atoms in total. The summed E-state index contributed by atoms with van der Waals surface area (Å²) in [5.41, 5.74) is 1.12. The molecule has 106 valence electrons. The Kier molecular flexibility index (Phi) is 4.17. The van der Waals surface area contributed by atoms with Crippen LogP contribution in [0, 0.1) is 0 Å². The van der Waals surface area contributed by atoms with Gasteiger partial charge in [0.25, 0.3) is 0 Å². The fourth-order valence-corrected chi connectivity index (χ4v) is 1.67. The fraction of sp³-hybridized carbons (Fsp3) is 0.200. The highest BCUT2D eigenvalue weighted by molar-refractivity contribution is 5.36. The molecular weight excluding hydrogens is 269 g/mol. The predicted molar refractivity (Wildman–Crippen MR) is 69.0 cm³/mol. The second-order valence-corrected chi connectivity index (χ2v) is 4.12. The van der Waals surface area contributed by atoms with Crippen LogP contribution in [0.4, 0.5) is 13.2 Å². The molecule has 5 heteroatoms. The third-order valence-electron chi connectivity index (χ3n) is 2.60. The average Bonchev–Trinajstić information content (AvgIpc) is 2.40. The lowest BCUT2D eigenvalue weighted by atomic mass is 10.2. The minimum Gasteiger partial charge on any atom is -0.457 e. The van der Waals surface area contributed by atoms with Gasteiger partial charge < -0.3 is 9.47 Å². The maximum Gasteiger partial charge on any atom is 0.573 e. The van der Waals surface area contributed by atoms with E-state index in [0.29, 0.717) is 11.5 Å². The molecule has 0 aromatic heterocycles. The fourth-order valence-electron chi connectivity index (χ4n) is 1.67. The van der Waals surface area contributed by atoms with E-state index in [9.17, 15) is 13.2 Å². The van der Waals surface area contributed by atoms with Gasteiger partial charge in [-0.05, 0) is 48.4 Å². The highest BCUT2D eigenvalue weighted by Gasteiger charge is 2.30. The summed E-state index contributed by atoms with van der Waals surface area (Å²) < 4.78 is 45.4. The molecule has 0 atom stereocenters. The third kappa shape index (κ3) is 4.19. The van der Waals surface area contributed by atoms with E-state index in [1.54, 1.807) is 6.07 Å². The number of hydrogen-bond acceptors (Lipinski definition) is 2. The van der Waals surface area contributed by atoms with Crippen LogP contribution in [-0.2, 0) is 6.42 Å². The lowest BCUT2D eigenvalue weighted by molar-refractivity contribution is -0.274. The van der Waals surface area contributed by atoms with Crippen molar-refractivity contribution in [2.45, 2.75) is 19.7 Å². The maximum atomic E-state index is 12.0. The van der Waals surface area contributed by atoms with Crippen LogP contribution in [0.25, 0.3) is 0 Å². The minimum atomic E-state index is -4.68. The highest BCUT2D eigenvalue weighted by atomic mass is 19.4. The summed E-state index contributed by atoms with van der Waals surface area (Å²) in [5.74, 6) is 0.828. The van der Waals surface area contributed by atoms with Gasteiger partial charge in [0.2, 0.25) is 0 Å². The van der Waals surface area contributed by atoms with Gasteiger partial charge in [0.05, 0.1) is 0 Å². The van der Waals surface area contributed by atoms with Gasteiger partial charge >= 0.3 is 6.36 Å². The molecule has 0 saturated carbocycles. The Hall–Kier alpha value is -2.17. The van der Waals surface area contributed by atoms with Crippen LogP contribution in [-0.4, -0.2) is 6.36 Å². The summed E-state index contributed by atoms with van der Waals surface area (Å²) in [5, 5.41) is 0. The monoisotopic (exact) mass is 282 g/mol. The smallest absolute Gasteiger partial charge is 0.457 e. The molecule has 0 N–H and O–H groups in total. The Bertz CT molecular complexity index is 562. The molecule has 0 saturated heterocycles. The first kappa shape index (κ1) is 14.2. The van der Waals surface area contributed by atoms with E-state index < -0.39 is 6.36 Å². The molecule has 0 aliphatic heterocycles. The number of benzene rings is 2. The normalized spacial score (nSPS) is 11.2. The van der Waals surface area contributed by atoms with Gasteiger partial charge in [-0.25, -0.2) is 0 Å². The lowest BCUT2D eigenvalue weighted by Gasteiger charge is -2.10. The quantitative estimate of drug-likeness (QED) is 0.790. The zero-order valence-corrected chi connectivity index (χ0v) is 10.8. The zero-order chi connectivity index (χ0) is 14.6. The molecule has 0 spiro atoms. The molecule has 0 heterocycles. The maximum absolute atomic E-state index is 12.0. The van der Waals surface area contributed by atoms with E-state index in [0.717, 1.165) is 12.0 Å². The Labute approximate surface area is 114 Å². The molecule has 2 aromatic rings. The number of ether oxygens (including phenoxy) is 2. The van der Waals surface area contributed by atoms with Gasteiger partial charge in [-0.3, -0.25) is 0 Å². The van der Waals surface area contributed by atoms with Crippen molar-refractivity contribution < 1.29 is 22.6 Å². The van der Waals surface area contributed by atoms with Crippen molar-refractivity contribution in [2.75, 3.05) is 0 Å². The number of aryl methyl sites for hydroxylation is 1. The third-order valence-corrected chi connectivity index (χ3v) is 2.60. The van der Waals surface area contributed by atoms with Gasteiger partial charge in [-0.1, -0.05) is 19.1 Å². The molecule has 0 amide bonds. The van der Waals surface area contributed by atoms with Gasteiger partial charge in [-0.15, -0.1) is 13.2 Å². The van der Waals surface area contributed by atoms with Gasteiger partial charge in [0, 0.05) is 0 Å². The van der Waals surface area contributed by atoms with Gasteiger partial charge in [-0.2, -0.15) is 0 Å². The Morgan fingerprint density at radius 2 is 1.55 bits per heavy atom. The average molecular weight is 282 g/mol. The predicted octanol–water partition coefficient (Wildman–Crippen LogP) is 4.94.